The largest absolute Gasteiger partial charge is 0.466 e. The van der Waals surface area contributed by atoms with E-state index >= 15 is 0 Å². The molecule has 2 unspecified atom stereocenters. The van der Waals surface area contributed by atoms with Crippen LogP contribution in [0.15, 0.2) is 53.1 Å². The van der Waals surface area contributed by atoms with Gasteiger partial charge >= 0.3 is 6.03 Å². The SMILES string of the molecule is CC(O)(CNC(=O)NC(c1ccccc1)C1CCC1)c1ccco1. The molecule has 3 rings (SSSR count). The molecule has 0 aliphatic heterocycles. The molecule has 128 valence electrons. The quantitative estimate of drug-likeness (QED) is 0.761. The minimum Gasteiger partial charge on any atom is -0.466 e. The van der Waals surface area contributed by atoms with Gasteiger partial charge in [-0.2, -0.15) is 0 Å². The number of nitrogens with one attached hydrogen (secondary N) is 2. The number of rotatable bonds is 6. The zero-order valence-electron chi connectivity index (χ0n) is 13.9. The molecule has 1 fully saturated rings. The molecule has 5 nitrogen and oxygen atoms in total. The van der Waals surface area contributed by atoms with Gasteiger partial charge in [-0.05, 0) is 43.4 Å². The number of amides is 2. The summed E-state index contributed by atoms with van der Waals surface area (Å²) in [6.07, 6.45) is 4.98. The molecular weight excluding hydrogens is 304 g/mol. The molecule has 1 aromatic carbocycles. The average Bonchev–Trinajstić information content (AvgIpc) is 3.07. The van der Waals surface area contributed by atoms with Crippen LogP contribution in [0.25, 0.3) is 0 Å². The molecule has 1 heterocycles. The Labute approximate surface area is 142 Å². The van der Waals surface area contributed by atoms with Crippen LogP contribution in [0.5, 0.6) is 0 Å². The second-order valence-corrected chi connectivity index (χ2v) is 6.66. The van der Waals surface area contributed by atoms with Gasteiger partial charge < -0.3 is 20.2 Å². The average molecular weight is 328 g/mol. The van der Waals surface area contributed by atoms with Gasteiger partial charge in [-0.15, -0.1) is 0 Å². The number of hydrogen-bond acceptors (Lipinski definition) is 3. The third-order valence-corrected chi connectivity index (χ3v) is 4.71. The first-order valence-electron chi connectivity index (χ1n) is 8.42. The van der Waals surface area contributed by atoms with Gasteiger partial charge in [0.1, 0.15) is 11.4 Å². The number of urea groups is 1. The van der Waals surface area contributed by atoms with Crippen LogP contribution in [-0.2, 0) is 5.60 Å². The Balaban J connectivity index is 1.60. The molecule has 0 radical (unpaired) electrons. The van der Waals surface area contributed by atoms with E-state index in [1.807, 2.05) is 30.3 Å². The molecule has 3 N–H and O–H groups in total. The fourth-order valence-electron chi connectivity index (χ4n) is 3.02. The molecule has 24 heavy (non-hydrogen) atoms. The molecular formula is C19H24N2O3. The number of hydrogen-bond donors (Lipinski definition) is 3. The summed E-state index contributed by atoms with van der Waals surface area (Å²) in [6.45, 7) is 1.70. The van der Waals surface area contributed by atoms with E-state index in [4.69, 9.17) is 4.42 Å². The van der Waals surface area contributed by atoms with E-state index in [-0.39, 0.29) is 18.6 Å². The lowest BCUT2D eigenvalue weighted by molar-refractivity contribution is 0.0365. The van der Waals surface area contributed by atoms with Gasteiger partial charge in [-0.1, -0.05) is 36.8 Å². The minimum absolute atomic E-state index is 0.00788. The van der Waals surface area contributed by atoms with Crippen LogP contribution in [0.1, 0.15) is 43.6 Å². The molecule has 2 aromatic rings. The normalized spacial score (nSPS) is 18.2. The highest BCUT2D eigenvalue weighted by molar-refractivity contribution is 5.74. The Kier molecular flexibility index (Phi) is 4.90. The molecule has 5 heteroatoms. The molecule has 2 amide bonds. The van der Waals surface area contributed by atoms with E-state index in [2.05, 4.69) is 10.6 Å². The Hall–Kier alpha value is -2.27. The zero-order valence-corrected chi connectivity index (χ0v) is 13.9. The van der Waals surface area contributed by atoms with Crippen molar-refractivity contribution in [1.82, 2.24) is 10.6 Å². The van der Waals surface area contributed by atoms with Crippen molar-refractivity contribution in [3.05, 3.63) is 60.1 Å². The molecule has 1 aliphatic rings. The van der Waals surface area contributed by atoms with Crippen LogP contribution in [0, 0.1) is 5.92 Å². The van der Waals surface area contributed by atoms with Gasteiger partial charge in [-0.3, -0.25) is 0 Å². The van der Waals surface area contributed by atoms with E-state index in [1.54, 1.807) is 19.1 Å². The first kappa shape index (κ1) is 16.6. The van der Waals surface area contributed by atoms with Crippen molar-refractivity contribution in [2.45, 2.75) is 37.8 Å². The van der Waals surface area contributed by atoms with Gasteiger partial charge in [0, 0.05) is 0 Å². The van der Waals surface area contributed by atoms with Crippen molar-refractivity contribution < 1.29 is 14.3 Å². The summed E-state index contributed by atoms with van der Waals surface area (Å²) in [6, 6.07) is 13.2. The van der Waals surface area contributed by atoms with Crippen molar-refractivity contribution in [3.63, 3.8) is 0 Å². The van der Waals surface area contributed by atoms with Crippen LogP contribution in [-0.4, -0.2) is 17.7 Å². The van der Waals surface area contributed by atoms with Gasteiger partial charge in [-0.25, -0.2) is 4.79 Å². The van der Waals surface area contributed by atoms with E-state index in [0.29, 0.717) is 11.7 Å². The maximum absolute atomic E-state index is 12.3. The van der Waals surface area contributed by atoms with E-state index in [9.17, 15) is 9.90 Å². The third-order valence-electron chi connectivity index (χ3n) is 4.71. The Morgan fingerprint density at radius 1 is 1.29 bits per heavy atom. The monoisotopic (exact) mass is 328 g/mol. The summed E-state index contributed by atoms with van der Waals surface area (Å²) in [7, 11) is 0. The molecule has 2 atom stereocenters. The lowest BCUT2D eigenvalue weighted by Gasteiger charge is -2.35. The van der Waals surface area contributed by atoms with Crippen molar-refractivity contribution in [2.75, 3.05) is 6.54 Å². The van der Waals surface area contributed by atoms with Crippen LogP contribution < -0.4 is 10.6 Å². The number of carbonyl (C=O) groups excluding carboxylic acids is 1. The van der Waals surface area contributed by atoms with Crippen molar-refractivity contribution in [1.29, 1.82) is 0 Å². The second-order valence-electron chi connectivity index (χ2n) is 6.66. The van der Waals surface area contributed by atoms with Gasteiger partial charge in [0.15, 0.2) is 0 Å². The summed E-state index contributed by atoms with van der Waals surface area (Å²) in [4.78, 5) is 12.3. The molecule has 1 saturated carbocycles. The van der Waals surface area contributed by atoms with Crippen LogP contribution in [0.2, 0.25) is 0 Å². The lowest BCUT2D eigenvalue weighted by Crippen LogP contribution is -2.46. The van der Waals surface area contributed by atoms with Crippen LogP contribution in [0.3, 0.4) is 0 Å². The van der Waals surface area contributed by atoms with Crippen LogP contribution >= 0.6 is 0 Å². The van der Waals surface area contributed by atoms with Crippen molar-refractivity contribution in [3.8, 4) is 0 Å². The highest BCUT2D eigenvalue weighted by Crippen LogP contribution is 2.37. The Morgan fingerprint density at radius 3 is 2.62 bits per heavy atom. The van der Waals surface area contributed by atoms with Gasteiger partial charge in [0.05, 0.1) is 18.8 Å². The highest BCUT2D eigenvalue weighted by Gasteiger charge is 2.31. The molecule has 1 aliphatic carbocycles. The highest BCUT2D eigenvalue weighted by atomic mass is 16.4. The summed E-state index contributed by atoms with van der Waals surface area (Å²) in [5.74, 6) is 0.908. The first-order valence-corrected chi connectivity index (χ1v) is 8.42. The van der Waals surface area contributed by atoms with Crippen LogP contribution in [0.4, 0.5) is 4.79 Å². The third kappa shape index (κ3) is 3.79. The molecule has 0 bridgehead atoms. The summed E-state index contributed by atoms with van der Waals surface area (Å²) < 4.78 is 5.22. The fraction of sp³-hybridized carbons (Fsp3) is 0.421. The van der Waals surface area contributed by atoms with Crippen molar-refractivity contribution >= 4 is 6.03 Å². The fourth-order valence-corrected chi connectivity index (χ4v) is 3.02. The van der Waals surface area contributed by atoms with E-state index in [1.165, 1.54) is 12.7 Å². The number of benzene rings is 1. The summed E-state index contributed by atoms with van der Waals surface area (Å²) >= 11 is 0. The standard InChI is InChI=1S/C19H24N2O3/c1-19(23,16-11-6-12-24-16)13-20-18(22)21-17(15-9-5-10-15)14-7-3-2-4-8-14/h2-4,6-8,11-12,15,17,23H,5,9-10,13H2,1H3,(H2,20,21,22). The molecule has 0 spiro atoms. The predicted molar refractivity (Wildman–Crippen MR) is 91.3 cm³/mol. The first-order chi connectivity index (χ1) is 11.6. The van der Waals surface area contributed by atoms with E-state index < -0.39 is 5.60 Å². The van der Waals surface area contributed by atoms with Gasteiger partial charge in [0.2, 0.25) is 0 Å². The Bertz CT molecular complexity index is 649. The summed E-state index contributed by atoms with van der Waals surface area (Å²) in [5.41, 5.74) is -0.116. The predicted octanol–water partition coefficient (Wildman–Crippen LogP) is 3.33. The number of carbonyl (C=O) groups is 1. The molecule has 1 aromatic heterocycles. The minimum atomic E-state index is -1.24. The topological polar surface area (TPSA) is 74.5 Å². The molecule has 0 saturated heterocycles. The second kappa shape index (κ2) is 7.09. The summed E-state index contributed by atoms with van der Waals surface area (Å²) in [5, 5.41) is 16.2. The maximum Gasteiger partial charge on any atom is 0.315 e. The lowest BCUT2D eigenvalue weighted by atomic mass is 9.77. The van der Waals surface area contributed by atoms with Crippen molar-refractivity contribution in [2.24, 2.45) is 5.92 Å². The zero-order chi connectivity index (χ0) is 17.0. The maximum atomic E-state index is 12.3. The number of furan rings is 1. The van der Waals surface area contributed by atoms with E-state index in [0.717, 1.165) is 18.4 Å². The van der Waals surface area contributed by atoms with Gasteiger partial charge in [0.25, 0.3) is 0 Å². The Morgan fingerprint density at radius 2 is 2.04 bits per heavy atom. The number of aliphatic hydroxyl groups is 1. The smallest absolute Gasteiger partial charge is 0.315 e.